The maximum atomic E-state index is 12.7. The lowest BCUT2D eigenvalue weighted by molar-refractivity contribution is -0.644. The van der Waals surface area contributed by atoms with Crippen LogP contribution in [-0.4, -0.2) is 16.9 Å². The highest BCUT2D eigenvalue weighted by atomic mass is 35.5. The number of anilines is 1. The molecular weight excluding hydrogens is 369 g/mol. The Bertz CT molecular complexity index is 936. The Morgan fingerprint density at radius 3 is 2.79 bits per heavy atom. The van der Waals surface area contributed by atoms with Gasteiger partial charge in [0.15, 0.2) is 5.78 Å². The van der Waals surface area contributed by atoms with Gasteiger partial charge in [-0.05, 0) is 30.3 Å². The zero-order chi connectivity index (χ0) is 16.0. The van der Waals surface area contributed by atoms with Gasteiger partial charge in [-0.15, -0.1) is 0 Å². The third-order valence-electron chi connectivity index (χ3n) is 4.13. The summed E-state index contributed by atoms with van der Waals surface area (Å²) in [5.41, 5.74) is 2.65. The molecule has 24 heavy (non-hydrogen) atoms. The number of carbonyl (C=O) groups excluding carboxylic acids is 1. The van der Waals surface area contributed by atoms with Gasteiger partial charge in [0.05, 0.1) is 11.6 Å². The highest BCUT2D eigenvalue weighted by molar-refractivity contribution is 6.36. The average molecular weight is 383 g/mol. The number of Topliss-reactive ketones (excluding diaryl/α,β-unsaturated/α-hetero) is 1. The fourth-order valence-electron chi connectivity index (χ4n) is 3.10. The third-order valence-corrected chi connectivity index (χ3v) is 4.67. The molecule has 1 aliphatic rings. The molecular formula is C17H14Cl3N3O. The lowest BCUT2D eigenvalue weighted by Gasteiger charge is -2.05. The highest BCUT2D eigenvalue weighted by Gasteiger charge is 2.29. The highest BCUT2D eigenvalue weighted by Crippen LogP contribution is 2.24. The molecule has 1 aromatic heterocycles. The van der Waals surface area contributed by atoms with Gasteiger partial charge in [0.2, 0.25) is 0 Å². The van der Waals surface area contributed by atoms with Crippen molar-refractivity contribution in [3.63, 3.8) is 0 Å². The van der Waals surface area contributed by atoms with Gasteiger partial charge in [-0.3, -0.25) is 10.1 Å². The molecule has 2 heterocycles. The van der Waals surface area contributed by atoms with Crippen molar-refractivity contribution in [1.29, 1.82) is 0 Å². The second-order valence-electron chi connectivity index (χ2n) is 5.52. The normalized spacial score (nSPS) is 12.6. The first kappa shape index (κ1) is 17.1. The average Bonchev–Trinajstić information content (AvgIpc) is 3.10. The van der Waals surface area contributed by atoms with Crippen molar-refractivity contribution < 1.29 is 21.8 Å². The van der Waals surface area contributed by atoms with Crippen molar-refractivity contribution in [3.05, 3.63) is 58.1 Å². The molecule has 0 fully saturated rings. The minimum Gasteiger partial charge on any atom is -1.00 e. The van der Waals surface area contributed by atoms with E-state index in [0.29, 0.717) is 15.6 Å². The van der Waals surface area contributed by atoms with E-state index in [9.17, 15) is 4.79 Å². The number of nitrogens with zero attached hydrogens (tertiary/aromatic N) is 2. The summed E-state index contributed by atoms with van der Waals surface area (Å²) in [5, 5.41) is 4.27. The Labute approximate surface area is 155 Å². The Morgan fingerprint density at radius 1 is 1.21 bits per heavy atom. The van der Waals surface area contributed by atoms with Crippen LogP contribution in [0.4, 0.5) is 5.95 Å². The first-order chi connectivity index (χ1) is 11.1. The molecule has 0 atom stereocenters. The first-order valence-corrected chi connectivity index (χ1v) is 8.14. The molecule has 0 bridgehead atoms. The number of fused-ring (bicyclic) bond motifs is 3. The van der Waals surface area contributed by atoms with Crippen LogP contribution < -0.4 is 22.3 Å². The molecule has 0 radical (unpaired) electrons. The maximum Gasteiger partial charge on any atom is 0.359 e. The number of hydrogen-bond acceptors (Lipinski definition) is 2. The van der Waals surface area contributed by atoms with Gasteiger partial charge < -0.3 is 12.4 Å². The number of hydrogen-bond donors (Lipinski definition) is 1. The van der Waals surface area contributed by atoms with Crippen LogP contribution in [-0.2, 0) is 13.1 Å². The number of ketones is 1. The topological polar surface area (TPSA) is 37.9 Å². The molecule has 0 spiro atoms. The monoisotopic (exact) mass is 381 g/mol. The van der Waals surface area contributed by atoms with E-state index < -0.39 is 0 Å². The van der Waals surface area contributed by atoms with Crippen LogP contribution in [0.15, 0.2) is 42.5 Å². The van der Waals surface area contributed by atoms with E-state index in [1.807, 2.05) is 22.8 Å². The van der Waals surface area contributed by atoms with E-state index in [1.54, 1.807) is 18.2 Å². The number of halogens is 3. The lowest BCUT2D eigenvalue weighted by atomic mass is 10.1. The Morgan fingerprint density at radius 2 is 2.00 bits per heavy atom. The molecule has 1 N–H and O–H groups in total. The fraction of sp³-hybridized carbons (Fsp3) is 0.176. The number of nitrogens with one attached hydrogen (secondary N) is 1. The molecule has 2 aromatic carbocycles. The number of carbonyl (C=O) groups is 1. The van der Waals surface area contributed by atoms with E-state index >= 15 is 0 Å². The summed E-state index contributed by atoms with van der Waals surface area (Å²) >= 11 is 12.1. The van der Waals surface area contributed by atoms with Gasteiger partial charge in [0, 0.05) is 10.6 Å². The standard InChI is InChI=1S/C17H13Cl2N3O.ClH/c18-11-5-6-12(13(19)9-11)16(23)10-22-15-4-2-1-3-14(15)21-8-7-20-17(21)22;/h1-6,9H,7-8,10H2;1H. The molecule has 3 aromatic rings. The maximum absolute atomic E-state index is 12.7. The molecule has 1 aliphatic heterocycles. The Kier molecular flexibility index (Phi) is 4.72. The van der Waals surface area contributed by atoms with Crippen molar-refractivity contribution in [2.75, 3.05) is 11.9 Å². The van der Waals surface area contributed by atoms with Crippen LogP contribution in [0.2, 0.25) is 10.0 Å². The van der Waals surface area contributed by atoms with E-state index in [2.05, 4.69) is 16.0 Å². The van der Waals surface area contributed by atoms with Crippen LogP contribution in [0, 0.1) is 0 Å². The molecule has 0 unspecified atom stereocenters. The number of aromatic nitrogens is 2. The minimum absolute atomic E-state index is 0. The number of imidazole rings is 1. The van der Waals surface area contributed by atoms with Crippen molar-refractivity contribution in [2.24, 2.45) is 0 Å². The van der Waals surface area contributed by atoms with Crippen LogP contribution in [0.1, 0.15) is 10.4 Å². The SMILES string of the molecule is O=C(Cn1c2[n+](c3ccccc31)CCN2)c1ccc(Cl)cc1Cl.[Cl-]. The van der Waals surface area contributed by atoms with Crippen molar-refractivity contribution in [1.82, 2.24) is 4.57 Å². The third kappa shape index (κ3) is 2.75. The molecule has 0 amide bonds. The molecule has 4 nitrogen and oxygen atoms in total. The Balaban J connectivity index is 0.00000169. The second-order valence-corrected chi connectivity index (χ2v) is 6.37. The van der Waals surface area contributed by atoms with E-state index in [-0.39, 0.29) is 24.7 Å². The van der Waals surface area contributed by atoms with Crippen LogP contribution in [0.5, 0.6) is 0 Å². The van der Waals surface area contributed by atoms with Crippen molar-refractivity contribution in [3.8, 4) is 0 Å². The van der Waals surface area contributed by atoms with Crippen LogP contribution in [0.3, 0.4) is 0 Å². The Hall–Kier alpha value is -1.75. The summed E-state index contributed by atoms with van der Waals surface area (Å²) < 4.78 is 4.21. The van der Waals surface area contributed by atoms with Gasteiger partial charge in [0.1, 0.15) is 24.1 Å². The van der Waals surface area contributed by atoms with Gasteiger partial charge >= 0.3 is 5.95 Å². The molecule has 7 heteroatoms. The summed E-state index contributed by atoms with van der Waals surface area (Å²) in [6.45, 7) is 2.01. The summed E-state index contributed by atoms with van der Waals surface area (Å²) in [6, 6.07) is 13.1. The van der Waals surface area contributed by atoms with Crippen molar-refractivity contribution in [2.45, 2.75) is 13.1 Å². The number of rotatable bonds is 3. The van der Waals surface area contributed by atoms with Gasteiger partial charge in [0.25, 0.3) is 0 Å². The predicted octanol–water partition coefficient (Wildman–Crippen LogP) is 0.548. The number of para-hydroxylation sites is 2. The second kappa shape index (κ2) is 6.63. The molecule has 124 valence electrons. The van der Waals surface area contributed by atoms with Crippen LogP contribution in [0.25, 0.3) is 11.0 Å². The zero-order valence-corrected chi connectivity index (χ0v) is 14.9. The summed E-state index contributed by atoms with van der Waals surface area (Å²) in [6.07, 6.45) is 0. The predicted molar refractivity (Wildman–Crippen MR) is 91.4 cm³/mol. The van der Waals surface area contributed by atoms with E-state index in [4.69, 9.17) is 23.2 Å². The first-order valence-electron chi connectivity index (χ1n) is 7.38. The summed E-state index contributed by atoms with van der Waals surface area (Å²) in [4.78, 5) is 12.7. The molecule has 4 rings (SSSR count). The van der Waals surface area contributed by atoms with Crippen LogP contribution >= 0.6 is 23.2 Å². The summed E-state index contributed by atoms with van der Waals surface area (Å²) in [5.74, 6) is 0.925. The van der Waals surface area contributed by atoms with Gasteiger partial charge in [-0.1, -0.05) is 35.3 Å². The fourth-order valence-corrected chi connectivity index (χ4v) is 3.61. The molecule has 0 saturated carbocycles. The number of benzene rings is 2. The van der Waals surface area contributed by atoms with Gasteiger partial charge in [-0.25, -0.2) is 9.13 Å². The lowest BCUT2D eigenvalue weighted by Crippen LogP contribution is -3.00. The minimum atomic E-state index is -0.0375. The molecule has 0 saturated heterocycles. The zero-order valence-electron chi connectivity index (χ0n) is 12.6. The quantitative estimate of drug-likeness (QED) is 0.531. The van der Waals surface area contributed by atoms with E-state index in [0.717, 1.165) is 30.1 Å². The smallest absolute Gasteiger partial charge is 0.359 e. The van der Waals surface area contributed by atoms with Gasteiger partial charge in [-0.2, -0.15) is 0 Å². The summed E-state index contributed by atoms with van der Waals surface area (Å²) in [7, 11) is 0. The van der Waals surface area contributed by atoms with E-state index in [1.165, 1.54) is 0 Å². The largest absolute Gasteiger partial charge is 1.00 e. The van der Waals surface area contributed by atoms with Crippen molar-refractivity contribution >= 4 is 46.0 Å². The molecule has 0 aliphatic carbocycles.